The Kier molecular flexibility index (Phi) is 10.2. The van der Waals surface area contributed by atoms with Gasteiger partial charge in [-0.1, -0.05) is 62.0 Å². The average molecular weight is 653 g/mol. The normalized spacial score (nSPS) is 14.4. The minimum atomic E-state index is -4.74. The van der Waals surface area contributed by atoms with E-state index in [2.05, 4.69) is 39.0 Å². The summed E-state index contributed by atoms with van der Waals surface area (Å²) in [7, 11) is 0. The molecule has 13 heteroatoms. The van der Waals surface area contributed by atoms with Crippen LogP contribution in [-0.4, -0.2) is 49.6 Å². The van der Waals surface area contributed by atoms with Gasteiger partial charge in [0.15, 0.2) is 16.1 Å². The highest BCUT2D eigenvalue weighted by atomic mass is 32.2. The molecule has 1 aliphatic heterocycles. The Morgan fingerprint density at radius 1 is 1.09 bits per heavy atom. The number of ether oxygens (including phenoxy) is 1. The molecule has 0 spiro atoms. The third-order valence-corrected chi connectivity index (χ3v) is 8.10. The highest BCUT2D eigenvalue weighted by Gasteiger charge is 2.32. The number of aromatic nitrogens is 3. The van der Waals surface area contributed by atoms with Gasteiger partial charge in [0, 0.05) is 12.1 Å². The summed E-state index contributed by atoms with van der Waals surface area (Å²) in [5.41, 5.74) is 4.45. The summed E-state index contributed by atoms with van der Waals surface area (Å²) in [5.74, 6) is 0.788. The molecule has 234 valence electrons. The summed E-state index contributed by atoms with van der Waals surface area (Å²) >= 11 is 6.87. The maximum atomic E-state index is 12.7. The molecule has 0 unspecified atom stereocenters. The van der Waals surface area contributed by atoms with E-state index in [4.69, 9.17) is 12.2 Å². The first-order valence-electron chi connectivity index (χ1n) is 14.4. The number of alkyl halides is 3. The quantitative estimate of drug-likeness (QED) is 0.142. The number of aliphatic imine (C=N–C) groups is 1. The number of carbonyl (C=O) groups excluding carboxylic acids is 1. The summed E-state index contributed by atoms with van der Waals surface area (Å²) in [6.45, 7) is 4.85. The van der Waals surface area contributed by atoms with E-state index in [1.54, 1.807) is 4.90 Å². The van der Waals surface area contributed by atoms with Crippen LogP contribution in [0.15, 0.2) is 84.1 Å². The smallest absolute Gasteiger partial charge is 0.406 e. The van der Waals surface area contributed by atoms with Crippen LogP contribution in [0.2, 0.25) is 0 Å². The van der Waals surface area contributed by atoms with Crippen molar-refractivity contribution in [3.8, 4) is 22.8 Å². The van der Waals surface area contributed by atoms with Crippen LogP contribution in [0.1, 0.15) is 43.7 Å². The molecule has 1 aromatic heterocycles. The molecule has 3 aromatic carbocycles. The molecule has 1 amide bonds. The van der Waals surface area contributed by atoms with Gasteiger partial charge in [0.2, 0.25) is 5.91 Å². The van der Waals surface area contributed by atoms with Crippen LogP contribution in [0.4, 0.5) is 18.9 Å². The number of thioether (sulfide) groups is 1. The van der Waals surface area contributed by atoms with E-state index < -0.39 is 6.36 Å². The number of hydrogen-bond donors (Lipinski definition) is 1. The van der Waals surface area contributed by atoms with E-state index in [1.165, 1.54) is 47.0 Å². The monoisotopic (exact) mass is 652 g/mol. The number of thiocarbonyl (C=S) groups is 1. The number of nitrogens with one attached hydrogen (secondary N) is 1. The van der Waals surface area contributed by atoms with Crippen molar-refractivity contribution in [2.45, 2.75) is 45.4 Å². The van der Waals surface area contributed by atoms with Gasteiger partial charge in [0.25, 0.3) is 0 Å². The first kappa shape index (κ1) is 32.2. The molecule has 0 radical (unpaired) electrons. The molecule has 1 fully saturated rings. The zero-order valence-electron chi connectivity index (χ0n) is 24.6. The Morgan fingerprint density at radius 2 is 1.87 bits per heavy atom. The number of amides is 1. The van der Waals surface area contributed by atoms with Crippen LogP contribution in [0.25, 0.3) is 17.1 Å². The van der Waals surface area contributed by atoms with Crippen LogP contribution in [-0.2, 0) is 11.2 Å². The molecule has 1 N–H and O–H groups in total. The molecule has 4 aromatic rings. The molecule has 8 nitrogen and oxygen atoms in total. The number of rotatable bonds is 10. The van der Waals surface area contributed by atoms with Gasteiger partial charge in [-0.3, -0.25) is 9.69 Å². The molecule has 0 atom stereocenters. The van der Waals surface area contributed by atoms with E-state index in [0.717, 1.165) is 41.6 Å². The van der Waals surface area contributed by atoms with Crippen LogP contribution >= 0.6 is 24.0 Å². The lowest BCUT2D eigenvalue weighted by Crippen LogP contribution is -2.32. The van der Waals surface area contributed by atoms with Crippen molar-refractivity contribution in [1.29, 1.82) is 0 Å². The third kappa shape index (κ3) is 8.49. The predicted molar refractivity (Wildman–Crippen MR) is 175 cm³/mol. The van der Waals surface area contributed by atoms with Gasteiger partial charge in [-0.2, -0.15) is 4.99 Å². The molecule has 0 saturated carbocycles. The van der Waals surface area contributed by atoms with Crippen molar-refractivity contribution in [2.75, 3.05) is 17.2 Å². The van der Waals surface area contributed by atoms with Gasteiger partial charge in [-0.25, -0.2) is 9.67 Å². The van der Waals surface area contributed by atoms with Gasteiger partial charge >= 0.3 is 6.36 Å². The minimum Gasteiger partial charge on any atom is -0.406 e. The van der Waals surface area contributed by atoms with E-state index >= 15 is 0 Å². The molecule has 5 rings (SSSR count). The number of hydrogen-bond acceptors (Lipinski definition) is 6. The molecule has 45 heavy (non-hydrogen) atoms. The van der Waals surface area contributed by atoms with Gasteiger partial charge < -0.3 is 10.1 Å². The number of nitrogens with zero attached hydrogens (tertiary/aromatic N) is 5. The maximum absolute atomic E-state index is 12.7. The van der Waals surface area contributed by atoms with Crippen molar-refractivity contribution in [2.24, 2.45) is 4.99 Å². The molecule has 0 bridgehead atoms. The molecule has 1 aliphatic rings. The summed E-state index contributed by atoms with van der Waals surface area (Å²) in [6, 6.07) is 21.2. The molecular formula is C32H31F3N6O2S2. The van der Waals surface area contributed by atoms with Gasteiger partial charge in [0.1, 0.15) is 12.1 Å². The Hall–Kier alpha value is -4.23. The zero-order valence-corrected chi connectivity index (χ0v) is 26.3. The second-order valence-electron chi connectivity index (χ2n) is 10.6. The lowest BCUT2D eigenvalue weighted by Gasteiger charge is -2.21. The zero-order chi connectivity index (χ0) is 32.0. The topological polar surface area (TPSA) is 84.6 Å². The van der Waals surface area contributed by atoms with E-state index in [-0.39, 0.29) is 17.6 Å². The highest BCUT2D eigenvalue weighted by Crippen LogP contribution is 2.33. The minimum absolute atomic E-state index is 0.00698. The van der Waals surface area contributed by atoms with E-state index in [0.29, 0.717) is 34.1 Å². The van der Waals surface area contributed by atoms with Crippen LogP contribution in [0.3, 0.4) is 0 Å². The van der Waals surface area contributed by atoms with Gasteiger partial charge in [0.05, 0.1) is 17.1 Å². The van der Waals surface area contributed by atoms with Crippen molar-refractivity contribution < 1.29 is 22.7 Å². The van der Waals surface area contributed by atoms with Gasteiger partial charge in [-0.15, -0.1) is 18.3 Å². The van der Waals surface area contributed by atoms with Crippen molar-refractivity contribution in [3.63, 3.8) is 0 Å². The van der Waals surface area contributed by atoms with Crippen LogP contribution < -0.4 is 15.0 Å². The molecule has 0 aliphatic carbocycles. The van der Waals surface area contributed by atoms with Crippen LogP contribution in [0, 0.1) is 0 Å². The number of para-hydroxylation sites is 1. The Morgan fingerprint density at radius 3 is 2.62 bits per heavy atom. The molecule has 2 heterocycles. The van der Waals surface area contributed by atoms with E-state index in [1.807, 2.05) is 48.5 Å². The second kappa shape index (κ2) is 14.2. The number of benzene rings is 3. The second-order valence-corrected chi connectivity index (χ2v) is 11.9. The Bertz CT molecular complexity index is 1690. The number of halogens is 3. The molecular weight excluding hydrogens is 622 g/mol. The van der Waals surface area contributed by atoms with E-state index in [9.17, 15) is 18.0 Å². The van der Waals surface area contributed by atoms with Gasteiger partial charge in [-0.05, 0) is 84.9 Å². The van der Waals surface area contributed by atoms with Crippen molar-refractivity contribution >= 4 is 45.9 Å². The fourth-order valence-electron chi connectivity index (χ4n) is 4.82. The first-order chi connectivity index (χ1) is 21.6. The summed E-state index contributed by atoms with van der Waals surface area (Å²) in [6.07, 6.45) is -0.622. The largest absolute Gasteiger partial charge is 0.573 e. The summed E-state index contributed by atoms with van der Waals surface area (Å²) < 4.78 is 42.7. The van der Waals surface area contributed by atoms with Crippen molar-refractivity contribution in [3.05, 3.63) is 90.3 Å². The fourth-order valence-corrected chi connectivity index (χ4v) is 5.94. The highest BCUT2D eigenvalue weighted by molar-refractivity contribution is 8.15. The standard InChI is InChI=1S/C32H31F3N6O2S2/c1-21(2)26-11-3-4-12-27(26)41-28(42)19-45-31(41)38-30(44)36-17-6-5-8-22-9-7-10-23(18-22)29-37-20-40(39-29)24-13-15-25(16-14-24)43-32(33,34)35/h3-4,7,9-16,18,20-21H,5-6,8,17,19H2,1-2H3,(H,36,44)/b38-31-. The lowest BCUT2D eigenvalue weighted by atomic mass is 10.0. The fraction of sp³-hybridized carbons (Fsp3) is 0.281. The Balaban J connectivity index is 1.12. The lowest BCUT2D eigenvalue weighted by molar-refractivity contribution is -0.274. The van der Waals surface area contributed by atoms with Crippen LogP contribution in [0.5, 0.6) is 5.75 Å². The first-order valence-corrected chi connectivity index (χ1v) is 15.7. The summed E-state index contributed by atoms with van der Waals surface area (Å²) in [4.78, 5) is 23.3. The number of anilines is 1. The summed E-state index contributed by atoms with van der Waals surface area (Å²) in [5, 5.41) is 8.63. The number of amidine groups is 1. The number of carbonyl (C=O) groups is 1. The Labute approximate surface area is 268 Å². The predicted octanol–water partition coefficient (Wildman–Crippen LogP) is 7.29. The number of aryl methyl sites for hydroxylation is 1. The average Bonchev–Trinajstić information content (AvgIpc) is 3.64. The third-order valence-electron chi connectivity index (χ3n) is 6.94. The molecule has 1 saturated heterocycles. The van der Waals surface area contributed by atoms with Crippen molar-refractivity contribution in [1.82, 2.24) is 20.1 Å². The number of unbranched alkanes of at least 4 members (excludes halogenated alkanes) is 1. The maximum Gasteiger partial charge on any atom is 0.573 e. The SMILES string of the molecule is CC(C)c1ccccc1N1C(=O)CS/C1=N\C(=S)NCCCCc1cccc(-c2ncn(-c3ccc(OC(F)(F)F)cc3)n2)c1.